The fraction of sp³-hybridized carbons (Fsp3) is 0.0800. The van der Waals surface area contributed by atoms with Crippen LogP contribution in [0.2, 0.25) is 0 Å². The number of hydrogen-bond acceptors (Lipinski definition) is 5. The summed E-state index contributed by atoms with van der Waals surface area (Å²) in [7, 11) is 3.10. The molecule has 31 heavy (non-hydrogen) atoms. The van der Waals surface area contributed by atoms with Crippen LogP contribution in [0.15, 0.2) is 78.4 Å². The Labute approximate surface area is 180 Å². The predicted octanol–water partition coefficient (Wildman–Crippen LogP) is 4.75. The smallest absolute Gasteiger partial charge is 0.255 e. The molecule has 6 heteroatoms. The van der Waals surface area contributed by atoms with Gasteiger partial charge in [0.2, 0.25) is 5.78 Å². The molecule has 3 rings (SSSR count). The Morgan fingerprint density at radius 2 is 1.45 bits per heavy atom. The zero-order valence-electron chi connectivity index (χ0n) is 17.1. The Balaban J connectivity index is 1.78. The number of ketones is 1. The number of nitrogens with zero attached hydrogens (tertiary/aromatic N) is 1. The molecular weight excluding hydrogens is 392 g/mol. The third-order valence-corrected chi connectivity index (χ3v) is 4.52. The van der Waals surface area contributed by atoms with Crippen molar-refractivity contribution in [1.82, 2.24) is 0 Å². The topological polar surface area (TPSA) is 88.4 Å². The SMILES string of the molecule is COc1ccc(C(=O)Nc2cccc(/C=C(\C#N)C(=O)c3ccc(OC)cc3)c2)cc1. The molecule has 3 aromatic carbocycles. The van der Waals surface area contributed by atoms with E-state index in [1.54, 1.807) is 79.9 Å². The number of amides is 1. The van der Waals surface area contributed by atoms with Crippen molar-refractivity contribution in [2.75, 3.05) is 19.5 Å². The average molecular weight is 412 g/mol. The van der Waals surface area contributed by atoms with Gasteiger partial charge in [-0.3, -0.25) is 9.59 Å². The number of ether oxygens (including phenoxy) is 2. The third kappa shape index (κ3) is 5.37. The van der Waals surface area contributed by atoms with Crippen molar-refractivity contribution in [2.45, 2.75) is 0 Å². The van der Waals surface area contributed by atoms with Gasteiger partial charge in [-0.05, 0) is 72.3 Å². The quantitative estimate of drug-likeness (QED) is 0.344. The number of rotatable bonds is 7. The van der Waals surface area contributed by atoms with Crippen LogP contribution in [-0.2, 0) is 0 Å². The average Bonchev–Trinajstić information content (AvgIpc) is 2.82. The number of hydrogen-bond donors (Lipinski definition) is 1. The second-order valence-electron chi connectivity index (χ2n) is 6.54. The molecule has 0 heterocycles. The molecule has 0 spiro atoms. The number of benzene rings is 3. The van der Waals surface area contributed by atoms with Crippen LogP contribution in [0.3, 0.4) is 0 Å². The van der Waals surface area contributed by atoms with Gasteiger partial charge in [-0.25, -0.2) is 0 Å². The van der Waals surface area contributed by atoms with Crippen molar-refractivity contribution in [3.63, 3.8) is 0 Å². The van der Waals surface area contributed by atoms with Gasteiger partial charge in [-0.2, -0.15) is 5.26 Å². The van der Waals surface area contributed by atoms with E-state index in [9.17, 15) is 14.9 Å². The highest BCUT2D eigenvalue weighted by Crippen LogP contribution is 2.19. The molecular formula is C25H20N2O4. The first-order valence-electron chi connectivity index (χ1n) is 9.40. The Kier molecular flexibility index (Phi) is 6.82. The van der Waals surface area contributed by atoms with Gasteiger partial charge in [0.25, 0.3) is 5.91 Å². The fourth-order valence-corrected chi connectivity index (χ4v) is 2.87. The number of carbonyl (C=O) groups is 2. The van der Waals surface area contributed by atoms with Gasteiger partial charge in [0.1, 0.15) is 23.1 Å². The molecule has 0 fully saturated rings. The van der Waals surface area contributed by atoms with E-state index in [1.165, 1.54) is 13.2 Å². The first-order valence-corrected chi connectivity index (χ1v) is 9.40. The molecule has 0 bridgehead atoms. The van der Waals surface area contributed by atoms with Crippen molar-refractivity contribution < 1.29 is 19.1 Å². The molecule has 0 radical (unpaired) electrons. The highest BCUT2D eigenvalue weighted by atomic mass is 16.5. The van der Waals surface area contributed by atoms with E-state index in [4.69, 9.17) is 9.47 Å². The summed E-state index contributed by atoms with van der Waals surface area (Å²) in [6.45, 7) is 0. The van der Waals surface area contributed by atoms with E-state index >= 15 is 0 Å². The Morgan fingerprint density at radius 1 is 0.871 bits per heavy atom. The maximum atomic E-state index is 12.7. The van der Waals surface area contributed by atoms with Crippen LogP contribution in [0.5, 0.6) is 11.5 Å². The molecule has 0 atom stereocenters. The molecule has 6 nitrogen and oxygen atoms in total. The Morgan fingerprint density at radius 3 is 2.00 bits per heavy atom. The lowest BCUT2D eigenvalue weighted by atomic mass is 10.0. The normalized spacial score (nSPS) is 10.7. The van der Waals surface area contributed by atoms with Gasteiger partial charge in [0.05, 0.1) is 14.2 Å². The van der Waals surface area contributed by atoms with E-state index in [-0.39, 0.29) is 11.5 Å². The first-order chi connectivity index (χ1) is 15.0. The van der Waals surface area contributed by atoms with Crippen LogP contribution in [0, 0.1) is 11.3 Å². The summed E-state index contributed by atoms with van der Waals surface area (Å²) < 4.78 is 10.2. The van der Waals surface area contributed by atoms with Crippen molar-refractivity contribution in [2.24, 2.45) is 0 Å². The number of carbonyl (C=O) groups excluding carboxylic acids is 2. The zero-order valence-corrected chi connectivity index (χ0v) is 17.1. The number of nitriles is 1. The number of Topliss-reactive ketones (excluding diaryl/α,β-unsaturated/α-hetero) is 1. The largest absolute Gasteiger partial charge is 0.497 e. The summed E-state index contributed by atoms with van der Waals surface area (Å²) in [6.07, 6.45) is 1.50. The van der Waals surface area contributed by atoms with Crippen molar-refractivity contribution in [1.29, 1.82) is 5.26 Å². The molecule has 0 unspecified atom stereocenters. The molecule has 1 N–H and O–H groups in total. The summed E-state index contributed by atoms with van der Waals surface area (Å²) in [4.78, 5) is 25.1. The van der Waals surface area contributed by atoms with E-state index < -0.39 is 5.78 Å². The van der Waals surface area contributed by atoms with Gasteiger partial charge < -0.3 is 14.8 Å². The van der Waals surface area contributed by atoms with Gasteiger partial charge in [-0.1, -0.05) is 12.1 Å². The molecule has 0 saturated heterocycles. The molecule has 0 aliphatic rings. The highest BCUT2D eigenvalue weighted by molar-refractivity contribution is 6.14. The number of anilines is 1. The molecule has 0 saturated carbocycles. The van der Waals surface area contributed by atoms with Crippen LogP contribution >= 0.6 is 0 Å². The second kappa shape index (κ2) is 9.90. The maximum absolute atomic E-state index is 12.7. The zero-order chi connectivity index (χ0) is 22.2. The minimum absolute atomic E-state index is 0.0104. The Hall–Kier alpha value is -4.37. The number of nitrogens with one attached hydrogen (secondary N) is 1. The summed E-state index contributed by atoms with van der Waals surface area (Å²) in [5, 5.41) is 12.3. The first kappa shape index (κ1) is 21.3. The lowest BCUT2D eigenvalue weighted by Gasteiger charge is -2.07. The standard InChI is InChI=1S/C25H20N2O4/c1-30-22-10-6-18(7-11-22)24(28)20(16-26)14-17-4-3-5-21(15-17)27-25(29)19-8-12-23(31-2)13-9-19/h3-15H,1-2H3,(H,27,29)/b20-14+. The summed E-state index contributed by atoms with van der Waals surface area (Å²) in [5.41, 5.74) is 2.02. The maximum Gasteiger partial charge on any atom is 0.255 e. The minimum atomic E-state index is -0.391. The van der Waals surface area contributed by atoms with Crippen LogP contribution in [-0.4, -0.2) is 25.9 Å². The Bertz CT molecular complexity index is 1160. The van der Waals surface area contributed by atoms with Crippen molar-refractivity contribution in [3.8, 4) is 17.6 Å². The van der Waals surface area contributed by atoms with Crippen LogP contribution in [0.1, 0.15) is 26.3 Å². The molecule has 0 aromatic heterocycles. The van der Waals surface area contributed by atoms with Gasteiger partial charge >= 0.3 is 0 Å². The predicted molar refractivity (Wildman–Crippen MR) is 118 cm³/mol. The lowest BCUT2D eigenvalue weighted by Crippen LogP contribution is -2.11. The van der Waals surface area contributed by atoms with E-state index in [1.807, 2.05) is 6.07 Å². The van der Waals surface area contributed by atoms with E-state index in [0.29, 0.717) is 33.9 Å². The van der Waals surface area contributed by atoms with Crippen LogP contribution in [0.25, 0.3) is 6.08 Å². The lowest BCUT2D eigenvalue weighted by molar-refractivity contribution is 0.102. The van der Waals surface area contributed by atoms with Gasteiger partial charge in [0.15, 0.2) is 0 Å². The minimum Gasteiger partial charge on any atom is -0.497 e. The van der Waals surface area contributed by atoms with Crippen molar-refractivity contribution in [3.05, 3.63) is 95.1 Å². The summed E-state index contributed by atoms with van der Waals surface area (Å²) >= 11 is 0. The number of allylic oxidation sites excluding steroid dienone is 1. The highest BCUT2D eigenvalue weighted by Gasteiger charge is 2.13. The fourth-order valence-electron chi connectivity index (χ4n) is 2.87. The molecule has 154 valence electrons. The monoisotopic (exact) mass is 412 g/mol. The molecule has 1 amide bonds. The van der Waals surface area contributed by atoms with Crippen LogP contribution in [0.4, 0.5) is 5.69 Å². The van der Waals surface area contributed by atoms with Gasteiger partial charge in [-0.15, -0.1) is 0 Å². The van der Waals surface area contributed by atoms with Crippen molar-refractivity contribution >= 4 is 23.5 Å². The molecule has 3 aromatic rings. The third-order valence-electron chi connectivity index (χ3n) is 4.52. The summed E-state index contributed by atoms with van der Waals surface area (Å²) in [5.74, 6) is 0.616. The van der Waals surface area contributed by atoms with E-state index in [0.717, 1.165) is 0 Å². The summed E-state index contributed by atoms with van der Waals surface area (Å²) in [6, 6.07) is 22.2. The molecule has 0 aliphatic carbocycles. The second-order valence-corrected chi connectivity index (χ2v) is 6.54. The molecule has 0 aliphatic heterocycles. The van der Waals surface area contributed by atoms with Crippen LogP contribution < -0.4 is 14.8 Å². The van der Waals surface area contributed by atoms with E-state index in [2.05, 4.69) is 5.32 Å². The van der Waals surface area contributed by atoms with Gasteiger partial charge in [0, 0.05) is 16.8 Å². The number of methoxy groups -OCH3 is 2.